The Morgan fingerprint density at radius 1 is 1.23 bits per heavy atom. The molecule has 1 heterocycles. The largest absolute Gasteiger partial charge is 0.496 e. The van der Waals surface area contributed by atoms with Crippen molar-refractivity contribution in [1.82, 2.24) is 10.7 Å². The van der Waals surface area contributed by atoms with Gasteiger partial charge in [-0.25, -0.2) is 5.43 Å². The van der Waals surface area contributed by atoms with Crippen LogP contribution < -0.4 is 15.5 Å². The first kappa shape index (κ1) is 21.9. The molecule has 0 saturated carbocycles. The van der Waals surface area contributed by atoms with Gasteiger partial charge < -0.3 is 10.1 Å². The van der Waals surface area contributed by atoms with Crippen LogP contribution in [0.2, 0.25) is 0 Å². The minimum atomic E-state index is -0.817. The molecule has 0 unspecified atom stereocenters. The zero-order valence-electron chi connectivity index (χ0n) is 16.5. The molecule has 3 rings (SSSR count). The Kier molecular flexibility index (Phi) is 8.34. The Bertz CT molecular complexity index is 949. The Labute approximate surface area is 183 Å². The van der Waals surface area contributed by atoms with Crippen molar-refractivity contribution in [3.05, 3.63) is 65.2 Å². The summed E-state index contributed by atoms with van der Waals surface area (Å²) in [5.74, 6) is 0.989. The van der Waals surface area contributed by atoms with Crippen molar-refractivity contribution in [3.8, 4) is 5.75 Å². The van der Waals surface area contributed by atoms with Gasteiger partial charge in [0.15, 0.2) is 0 Å². The van der Waals surface area contributed by atoms with Crippen LogP contribution in [0.3, 0.4) is 0 Å². The van der Waals surface area contributed by atoms with E-state index in [0.717, 1.165) is 44.9 Å². The fourth-order valence-electron chi connectivity index (χ4n) is 2.61. The van der Waals surface area contributed by atoms with Crippen LogP contribution in [0.5, 0.6) is 5.75 Å². The van der Waals surface area contributed by atoms with Crippen LogP contribution in [0.15, 0.2) is 58.6 Å². The number of aliphatic imine (C=N–C) groups is 1. The fourth-order valence-corrected chi connectivity index (χ4v) is 4.60. The van der Waals surface area contributed by atoms with Gasteiger partial charge in [0.2, 0.25) is 0 Å². The molecule has 7 nitrogen and oxygen atoms in total. The molecule has 0 aliphatic carbocycles. The lowest BCUT2D eigenvalue weighted by Crippen LogP contribution is -2.37. The number of carbonyl (C=O) groups excluding carboxylic acids is 2. The first-order valence-corrected chi connectivity index (χ1v) is 11.2. The SMILES string of the molecule is COc1ccc(/C=N/NC(=O)C(=O)NCc2ccccc2)cc1CSC1=NCCS1. The Morgan fingerprint density at radius 2 is 2.07 bits per heavy atom. The van der Waals surface area contributed by atoms with Crippen LogP contribution in [-0.4, -0.2) is 41.8 Å². The van der Waals surface area contributed by atoms with Gasteiger partial charge in [0.1, 0.15) is 10.1 Å². The summed E-state index contributed by atoms with van der Waals surface area (Å²) in [6.45, 7) is 1.15. The van der Waals surface area contributed by atoms with Gasteiger partial charge in [0.25, 0.3) is 0 Å². The average Bonchev–Trinajstić information content (AvgIpc) is 3.30. The quantitative estimate of drug-likeness (QED) is 0.391. The normalized spacial score (nSPS) is 13.2. The summed E-state index contributed by atoms with van der Waals surface area (Å²) in [5, 5.41) is 6.45. The fraction of sp³-hybridized carbons (Fsp3) is 0.238. The van der Waals surface area contributed by atoms with E-state index in [1.165, 1.54) is 6.21 Å². The number of ether oxygens (including phenoxy) is 1. The molecule has 2 aromatic rings. The summed E-state index contributed by atoms with van der Waals surface area (Å²) in [7, 11) is 1.63. The molecule has 0 bridgehead atoms. The standard InChI is InChI=1S/C21H22N4O3S2/c1-28-18-8-7-16(11-17(18)14-30-21-22-9-10-29-21)13-24-25-20(27)19(26)23-12-15-5-3-2-4-6-15/h2-8,11,13H,9-10,12,14H2,1H3,(H,23,26)(H,25,27)/b24-13+. The van der Waals surface area contributed by atoms with E-state index in [2.05, 4.69) is 20.8 Å². The van der Waals surface area contributed by atoms with Crippen molar-refractivity contribution in [3.63, 3.8) is 0 Å². The van der Waals surface area contributed by atoms with Crippen LogP contribution in [0.1, 0.15) is 16.7 Å². The van der Waals surface area contributed by atoms with Gasteiger partial charge in [0.05, 0.1) is 19.9 Å². The second-order valence-corrected chi connectivity index (χ2v) is 8.53. The van der Waals surface area contributed by atoms with E-state index in [0.29, 0.717) is 0 Å². The summed E-state index contributed by atoms with van der Waals surface area (Å²) in [4.78, 5) is 28.2. The number of nitrogens with one attached hydrogen (secondary N) is 2. The molecular weight excluding hydrogens is 420 g/mol. The molecule has 0 fully saturated rings. The highest BCUT2D eigenvalue weighted by Gasteiger charge is 2.12. The molecule has 0 aromatic heterocycles. The lowest BCUT2D eigenvalue weighted by Gasteiger charge is -2.09. The number of hydrazone groups is 1. The van der Waals surface area contributed by atoms with E-state index in [-0.39, 0.29) is 6.54 Å². The number of hydrogen-bond donors (Lipinski definition) is 2. The van der Waals surface area contributed by atoms with E-state index in [1.54, 1.807) is 30.6 Å². The molecule has 2 aromatic carbocycles. The van der Waals surface area contributed by atoms with Gasteiger partial charge in [-0.1, -0.05) is 53.9 Å². The molecule has 2 N–H and O–H groups in total. The highest BCUT2D eigenvalue weighted by Crippen LogP contribution is 2.29. The number of amides is 2. The molecule has 9 heteroatoms. The van der Waals surface area contributed by atoms with Gasteiger partial charge in [-0.15, -0.1) is 0 Å². The third-order valence-corrected chi connectivity index (χ3v) is 6.40. The smallest absolute Gasteiger partial charge is 0.329 e. The zero-order valence-corrected chi connectivity index (χ0v) is 18.1. The summed E-state index contributed by atoms with van der Waals surface area (Å²) >= 11 is 3.44. The molecule has 0 atom stereocenters. The van der Waals surface area contributed by atoms with Gasteiger partial charge in [-0.05, 0) is 29.3 Å². The molecule has 156 valence electrons. The summed E-state index contributed by atoms with van der Waals surface area (Å²) in [6.07, 6.45) is 1.50. The number of carbonyl (C=O) groups is 2. The summed E-state index contributed by atoms with van der Waals surface area (Å²) in [5.41, 5.74) is 4.96. The Hall–Kier alpha value is -2.78. The number of nitrogens with zero attached hydrogens (tertiary/aromatic N) is 2. The zero-order chi connectivity index (χ0) is 21.2. The van der Waals surface area contributed by atoms with Crippen molar-refractivity contribution in [1.29, 1.82) is 0 Å². The third-order valence-electron chi connectivity index (χ3n) is 4.10. The second-order valence-electron chi connectivity index (χ2n) is 6.22. The lowest BCUT2D eigenvalue weighted by atomic mass is 10.1. The van der Waals surface area contributed by atoms with Crippen LogP contribution in [0, 0.1) is 0 Å². The number of methoxy groups -OCH3 is 1. The average molecular weight is 443 g/mol. The van der Waals surface area contributed by atoms with Gasteiger partial charge in [0, 0.05) is 23.6 Å². The summed E-state index contributed by atoms with van der Waals surface area (Å²) in [6, 6.07) is 15.0. The van der Waals surface area contributed by atoms with E-state index >= 15 is 0 Å². The van der Waals surface area contributed by atoms with Crippen LogP contribution in [0.25, 0.3) is 0 Å². The molecule has 1 aliphatic rings. The monoisotopic (exact) mass is 442 g/mol. The summed E-state index contributed by atoms with van der Waals surface area (Å²) < 4.78 is 6.51. The van der Waals surface area contributed by atoms with Crippen LogP contribution in [-0.2, 0) is 21.9 Å². The Morgan fingerprint density at radius 3 is 2.80 bits per heavy atom. The first-order chi connectivity index (χ1) is 14.7. The maximum Gasteiger partial charge on any atom is 0.329 e. The first-order valence-electron chi connectivity index (χ1n) is 9.28. The predicted octanol–water partition coefficient (Wildman–Crippen LogP) is 2.80. The maximum absolute atomic E-state index is 11.9. The maximum atomic E-state index is 11.9. The van der Waals surface area contributed by atoms with Gasteiger partial charge in [-0.3, -0.25) is 14.6 Å². The highest BCUT2D eigenvalue weighted by atomic mass is 32.2. The minimum absolute atomic E-state index is 0.278. The van der Waals surface area contributed by atoms with Crippen molar-refractivity contribution in [2.24, 2.45) is 10.1 Å². The van der Waals surface area contributed by atoms with Crippen molar-refractivity contribution >= 4 is 45.9 Å². The third kappa shape index (κ3) is 6.64. The molecule has 2 amide bonds. The van der Waals surface area contributed by atoms with Crippen molar-refractivity contribution in [2.45, 2.75) is 12.3 Å². The molecular formula is C21H22N4O3S2. The molecule has 0 radical (unpaired) electrons. The number of thioether (sulfide) groups is 2. The van der Waals surface area contributed by atoms with Crippen molar-refractivity contribution in [2.75, 3.05) is 19.4 Å². The van der Waals surface area contributed by atoms with Crippen LogP contribution in [0.4, 0.5) is 0 Å². The van der Waals surface area contributed by atoms with Crippen molar-refractivity contribution < 1.29 is 14.3 Å². The highest BCUT2D eigenvalue weighted by molar-refractivity contribution is 8.38. The van der Waals surface area contributed by atoms with Gasteiger partial charge >= 0.3 is 11.8 Å². The van der Waals surface area contributed by atoms with E-state index < -0.39 is 11.8 Å². The molecule has 0 spiro atoms. The van der Waals surface area contributed by atoms with E-state index in [4.69, 9.17) is 4.74 Å². The molecule has 30 heavy (non-hydrogen) atoms. The number of hydrogen-bond acceptors (Lipinski definition) is 7. The molecule has 0 saturated heterocycles. The minimum Gasteiger partial charge on any atom is -0.496 e. The van der Waals surface area contributed by atoms with E-state index in [1.807, 2.05) is 48.5 Å². The topological polar surface area (TPSA) is 92.1 Å². The lowest BCUT2D eigenvalue weighted by molar-refractivity contribution is -0.139. The van der Waals surface area contributed by atoms with Gasteiger partial charge in [-0.2, -0.15) is 5.10 Å². The second kappa shape index (κ2) is 11.4. The Balaban J connectivity index is 1.52. The molecule has 1 aliphatic heterocycles. The van der Waals surface area contributed by atoms with E-state index in [9.17, 15) is 9.59 Å². The number of benzene rings is 2. The van der Waals surface area contributed by atoms with Crippen LogP contribution >= 0.6 is 23.5 Å². The number of rotatable bonds is 7. The predicted molar refractivity (Wildman–Crippen MR) is 123 cm³/mol.